The van der Waals surface area contributed by atoms with Gasteiger partial charge in [-0.05, 0) is 52.4 Å². The maximum Gasteiger partial charge on any atom is 0.310 e. The standard InChI is InChI=1S/C32H33NO12S/c1-37-19-6-13(7-20(38-2)26(19)34)23-14-8-17-18(42-12-41-17)9-15(14)28(16-10-39-30(36)24(16)23)44-32-25(33)27(35)29-21(43-32)11-40-31(45-29)22-4-3-5-46-22/h3-9,16,21,23-25,27-29,31-32,34-35H,10-12,33H2,1-2H3/t16-,21?,23+,24-,25?,27?,28+,29?,31?,32?/m0/s1. The molecule has 13 nitrogen and oxygen atoms in total. The molecule has 1 aromatic heterocycles. The molecule has 0 amide bonds. The minimum atomic E-state index is -1.11. The van der Waals surface area contributed by atoms with Gasteiger partial charge in [0.2, 0.25) is 12.5 Å². The Morgan fingerprint density at radius 3 is 2.41 bits per heavy atom. The summed E-state index contributed by atoms with van der Waals surface area (Å²) < 4.78 is 53.0. The van der Waals surface area contributed by atoms with E-state index in [1.807, 2.05) is 29.6 Å². The molecule has 8 rings (SSSR count). The third kappa shape index (κ3) is 4.70. The molecule has 14 heteroatoms. The number of phenols is 1. The van der Waals surface area contributed by atoms with Crippen molar-refractivity contribution in [1.82, 2.24) is 0 Å². The number of cyclic esters (lactones) is 1. The summed E-state index contributed by atoms with van der Waals surface area (Å²) in [5.74, 6) is -0.823. The van der Waals surface area contributed by atoms with Crippen molar-refractivity contribution >= 4 is 17.3 Å². The smallest absolute Gasteiger partial charge is 0.310 e. The lowest BCUT2D eigenvalue weighted by Crippen LogP contribution is -2.65. The number of thiophene rings is 1. The van der Waals surface area contributed by atoms with Crippen molar-refractivity contribution in [1.29, 1.82) is 0 Å². The van der Waals surface area contributed by atoms with Crippen LogP contribution in [0.1, 0.15) is 39.9 Å². The van der Waals surface area contributed by atoms with Crippen molar-refractivity contribution in [3.63, 3.8) is 0 Å². The van der Waals surface area contributed by atoms with E-state index in [2.05, 4.69) is 0 Å². The Kier molecular flexibility index (Phi) is 7.48. The third-order valence-corrected chi connectivity index (χ3v) is 10.3. The zero-order valence-electron chi connectivity index (χ0n) is 24.9. The van der Waals surface area contributed by atoms with Crippen LogP contribution >= 0.6 is 11.3 Å². The van der Waals surface area contributed by atoms with E-state index < -0.39 is 66.8 Å². The Bertz CT molecular complexity index is 1610. The highest BCUT2D eigenvalue weighted by atomic mass is 32.1. The molecule has 0 spiro atoms. The molecule has 0 radical (unpaired) electrons. The highest BCUT2D eigenvalue weighted by Crippen LogP contribution is 2.57. The van der Waals surface area contributed by atoms with Gasteiger partial charge in [0.15, 0.2) is 35.6 Å². The first kappa shape index (κ1) is 29.8. The van der Waals surface area contributed by atoms with Crippen molar-refractivity contribution in [2.45, 2.75) is 49.0 Å². The summed E-state index contributed by atoms with van der Waals surface area (Å²) in [6.45, 7) is 0.287. The third-order valence-electron chi connectivity index (χ3n) is 9.45. The molecule has 4 aliphatic heterocycles. The number of nitrogens with two attached hydrogens (primary N) is 1. The van der Waals surface area contributed by atoms with E-state index >= 15 is 0 Å². The largest absolute Gasteiger partial charge is 0.502 e. The molecule has 3 saturated heterocycles. The number of aromatic hydroxyl groups is 1. The molecule has 0 saturated carbocycles. The Hall–Kier alpha value is -3.63. The van der Waals surface area contributed by atoms with Crippen LogP contribution in [0.2, 0.25) is 0 Å². The predicted molar refractivity (Wildman–Crippen MR) is 158 cm³/mol. The van der Waals surface area contributed by atoms with Gasteiger partial charge in [0.05, 0.1) is 50.4 Å². The summed E-state index contributed by atoms with van der Waals surface area (Å²) in [6, 6.07) is 9.89. The molecule has 3 aromatic rings. The maximum atomic E-state index is 13.5. The molecule has 2 aromatic carbocycles. The van der Waals surface area contributed by atoms with Crippen LogP contribution in [0.15, 0.2) is 41.8 Å². The van der Waals surface area contributed by atoms with Crippen molar-refractivity contribution in [2.24, 2.45) is 17.6 Å². The molecule has 0 bridgehead atoms. The van der Waals surface area contributed by atoms with Crippen LogP contribution in [0.4, 0.5) is 0 Å². The fraction of sp³-hybridized carbons (Fsp3) is 0.469. The van der Waals surface area contributed by atoms with Crippen molar-refractivity contribution in [3.8, 4) is 28.7 Å². The van der Waals surface area contributed by atoms with Crippen molar-refractivity contribution in [2.75, 3.05) is 34.2 Å². The molecule has 3 fully saturated rings. The van der Waals surface area contributed by atoms with E-state index in [-0.39, 0.29) is 37.3 Å². The maximum absolute atomic E-state index is 13.5. The highest BCUT2D eigenvalue weighted by Gasteiger charge is 2.56. The summed E-state index contributed by atoms with van der Waals surface area (Å²) in [6.07, 6.45) is -4.91. The fourth-order valence-corrected chi connectivity index (χ4v) is 7.93. The van der Waals surface area contributed by atoms with Gasteiger partial charge in [0.1, 0.15) is 18.3 Å². The number of methoxy groups -OCH3 is 2. The number of benzene rings is 2. The average Bonchev–Trinajstić information content (AvgIpc) is 3.85. The number of esters is 1. The number of fused-ring (bicyclic) bond motifs is 4. The van der Waals surface area contributed by atoms with Gasteiger partial charge < -0.3 is 58.6 Å². The van der Waals surface area contributed by atoms with Crippen molar-refractivity contribution in [3.05, 3.63) is 63.3 Å². The number of hydrogen-bond donors (Lipinski definition) is 3. The number of aliphatic hydroxyl groups is 1. The van der Waals surface area contributed by atoms with Crippen molar-refractivity contribution < 1.29 is 57.6 Å². The van der Waals surface area contributed by atoms with Crippen LogP contribution in [-0.4, -0.2) is 81.1 Å². The minimum absolute atomic E-state index is 0.0442. The highest BCUT2D eigenvalue weighted by molar-refractivity contribution is 7.10. The quantitative estimate of drug-likeness (QED) is 0.332. The molecule has 5 heterocycles. The SMILES string of the molecule is COc1cc([C@@H]2c3cc4c(cc3[C@@H](OC3OC5COC(c6cccs6)OC5C(O)C3N)[C@H]3COC(=O)[C@H]23)OCO4)cc(OC)c1O. The zero-order valence-corrected chi connectivity index (χ0v) is 25.7. The second-order valence-electron chi connectivity index (χ2n) is 11.9. The molecule has 10 atom stereocenters. The Labute approximate surface area is 267 Å². The molecule has 1 aliphatic carbocycles. The zero-order chi connectivity index (χ0) is 31.7. The molecule has 46 heavy (non-hydrogen) atoms. The van der Waals surface area contributed by atoms with Gasteiger partial charge >= 0.3 is 5.97 Å². The number of ether oxygens (including phenoxy) is 9. The van der Waals surface area contributed by atoms with Crippen LogP contribution in [-0.2, 0) is 28.5 Å². The monoisotopic (exact) mass is 655 g/mol. The first-order chi connectivity index (χ1) is 22.4. The van der Waals surface area contributed by atoms with Crippen LogP contribution in [0.3, 0.4) is 0 Å². The van der Waals surface area contributed by atoms with Gasteiger partial charge in [0, 0.05) is 11.8 Å². The lowest BCUT2D eigenvalue weighted by atomic mass is 9.66. The summed E-state index contributed by atoms with van der Waals surface area (Å²) in [4.78, 5) is 14.4. The van der Waals surface area contributed by atoms with Crippen LogP contribution in [0, 0.1) is 11.8 Å². The lowest BCUT2D eigenvalue weighted by Gasteiger charge is -2.48. The van der Waals surface area contributed by atoms with E-state index in [1.54, 1.807) is 12.1 Å². The van der Waals surface area contributed by atoms with Gasteiger partial charge in [-0.1, -0.05) is 6.07 Å². The number of carbonyl (C=O) groups excluding carboxylic acids is 1. The molecular formula is C32H33NO12S. The van der Waals surface area contributed by atoms with Gasteiger partial charge in [-0.2, -0.15) is 0 Å². The minimum Gasteiger partial charge on any atom is -0.502 e. The Morgan fingerprint density at radius 1 is 0.978 bits per heavy atom. The average molecular weight is 656 g/mol. The van der Waals surface area contributed by atoms with E-state index in [9.17, 15) is 15.0 Å². The fourth-order valence-electron chi connectivity index (χ4n) is 7.23. The number of hydrogen-bond acceptors (Lipinski definition) is 14. The number of carbonyl (C=O) groups is 1. The summed E-state index contributed by atoms with van der Waals surface area (Å²) in [5.41, 5.74) is 8.69. The first-order valence-corrected chi connectivity index (χ1v) is 15.8. The van der Waals surface area contributed by atoms with Gasteiger partial charge in [-0.25, -0.2) is 0 Å². The van der Waals surface area contributed by atoms with Gasteiger partial charge in [-0.15, -0.1) is 11.3 Å². The Balaban J connectivity index is 1.16. The Morgan fingerprint density at radius 2 is 1.72 bits per heavy atom. The summed E-state index contributed by atoms with van der Waals surface area (Å²) in [5, 5.41) is 23.9. The number of aliphatic hydroxyl groups excluding tert-OH is 1. The molecular weight excluding hydrogens is 622 g/mol. The summed E-state index contributed by atoms with van der Waals surface area (Å²) in [7, 11) is 2.89. The topological polar surface area (TPSA) is 167 Å². The van der Waals surface area contributed by atoms with E-state index in [0.717, 1.165) is 16.0 Å². The van der Waals surface area contributed by atoms with E-state index in [0.29, 0.717) is 17.1 Å². The first-order valence-electron chi connectivity index (χ1n) is 15.0. The molecule has 244 valence electrons. The molecule has 4 N–H and O–H groups in total. The van der Waals surface area contributed by atoms with E-state index in [1.165, 1.54) is 25.6 Å². The number of rotatable bonds is 6. The van der Waals surface area contributed by atoms with Crippen LogP contribution in [0.5, 0.6) is 28.7 Å². The summed E-state index contributed by atoms with van der Waals surface area (Å²) >= 11 is 1.50. The van der Waals surface area contributed by atoms with Gasteiger partial charge in [-0.3, -0.25) is 4.79 Å². The molecule has 6 unspecified atom stereocenters. The van der Waals surface area contributed by atoms with E-state index in [4.69, 9.17) is 48.4 Å². The lowest BCUT2D eigenvalue weighted by molar-refractivity contribution is -0.349. The molecule has 5 aliphatic rings. The van der Waals surface area contributed by atoms with Crippen LogP contribution in [0.25, 0.3) is 0 Å². The second-order valence-corrected chi connectivity index (χ2v) is 12.8. The van der Waals surface area contributed by atoms with Crippen LogP contribution < -0.4 is 24.7 Å². The normalized spacial score (nSPS) is 34.3. The second kappa shape index (κ2) is 11.6. The van der Waals surface area contributed by atoms with Gasteiger partial charge in [0.25, 0.3) is 0 Å². The number of phenolic OH excluding ortho intramolecular Hbond substituents is 1. The predicted octanol–water partition coefficient (Wildman–Crippen LogP) is 2.72.